The number of nitrogens with zero attached hydrogens (tertiary/aromatic N) is 4. The lowest BCUT2D eigenvalue weighted by molar-refractivity contribution is -0.158. The molecule has 1 aliphatic carbocycles. The number of imide groups is 1. The van der Waals surface area contributed by atoms with Crippen molar-refractivity contribution in [3.8, 4) is 0 Å². The van der Waals surface area contributed by atoms with E-state index < -0.39 is 11.4 Å². The van der Waals surface area contributed by atoms with Gasteiger partial charge in [-0.2, -0.15) is 0 Å². The molecular weight excluding hydrogens is 410 g/mol. The standard InChI is InChI=1S/C19H23N5O3S2/c1-23-14(10-13-6-5-9-28-13)21-22-18(23)29-12-16(26)24-11-15(25)20-17(27)19(24)7-3-2-4-8-19/h5-6,9H,2-4,7-8,10-12H2,1H3,(H,20,25,27). The van der Waals surface area contributed by atoms with E-state index >= 15 is 0 Å². The highest BCUT2D eigenvalue weighted by Gasteiger charge is 2.50. The van der Waals surface area contributed by atoms with E-state index in [1.165, 1.54) is 21.5 Å². The molecule has 2 fully saturated rings. The van der Waals surface area contributed by atoms with Crippen LogP contribution < -0.4 is 5.32 Å². The summed E-state index contributed by atoms with van der Waals surface area (Å²) in [6.45, 7) is -0.0619. The molecule has 154 valence electrons. The molecule has 0 aromatic carbocycles. The molecule has 4 rings (SSSR count). The van der Waals surface area contributed by atoms with Crippen molar-refractivity contribution < 1.29 is 14.4 Å². The van der Waals surface area contributed by atoms with Crippen LogP contribution in [0.25, 0.3) is 0 Å². The summed E-state index contributed by atoms with van der Waals surface area (Å²) in [7, 11) is 1.89. The highest BCUT2D eigenvalue weighted by molar-refractivity contribution is 7.99. The zero-order valence-electron chi connectivity index (χ0n) is 16.2. The zero-order chi connectivity index (χ0) is 20.4. The SMILES string of the molecule is Cn1c(Cc2cccs2)nnc1SCC(=O)N1CC(=O)NC(=O)C12CCCCC2. The largest absolute Gasteiger partial charge is 0.318 e. The number of piperazine rings is 1. The second kappa shape index (κ2) is 8.27. The van der Waals surface area contributed by atoms with Crippen LogP contribution in [-0.2, 0) is 27.9 Å². The van der Waals surface area contributed by atoms with E-state index in [1.807, 2.05) is 23.1 Å². The van der Waals surface area contributed by atoms with E-state index in [2.05, 4.69) is 21.6 Å². The number of thiophene rings is 1. The van der Waals surface area contributed by atoms with Gasteiger partial charge < -0.3 is 9.47 Å². The number of aromatic nitrogens is 3. The van der Waals surface area contributed by atoms with Crippen molar-refractivity contribution in [2.24, 2.45) is 7.05 Å². The molecule has 0 unspecified atom stereocenters. The van der Waals surface area contributed by atoms with Crippen LogP contribution in [0.5, 0.6) is 0 Å². The molecule has 10 heteroatoms. The number of nitrogens with one attached hydrogen (secondary N) is 1. The van der Waals surface area contributed by atoms with Crippen LogP contribution in [0.4, 0.5) is 0 Å². The highest BCUT2D eigenvalue weighted by atomic mass is 32.2. The third kappa shape index (κ3) is 3.95. The molecule has 1 saturated heterocycles. The Balaban J connectivity index is 1.45. The Morgan fingerprint density at radius 3 is 2.79 bits per heavy atom. The summed E-state index contributed by atoms with van der Waals surface area (Å²) in [6.07, 6.45) is 4.72. The van der Waals surface area contributed by atoms with Crippen LogP contribution in [0.3, 0.4) is 0 Å². The minimum Gasteiger partial charge on any atom is -0.318 e. The Labute approximate surface area is 177 Å². The number of carbonyl (C=O) groups is 3. The normalized spacial score (nSPS) is 18.9. The molecule has 2 aromatic rings. The molecule has 0 radical (unpaired) electrons. The molecule has 0 atom stereocenters. The average Bonchev–Trinajstić information content (AvgIpc) is 3.35. The monoisotopic (exact) mass is 433 g/mol. The van der Waals surface area contributed by atoms with Gasteiger partial charge in [0, 0.05) is 18.3 Å². The van der Waals surface area contributed by atoms with E-state index in [-0.39, 0.29) is 24.1 Å². The summed E-state index contributed by atoms with van der Waals surface area (Å²) in [4.78, 5) is 40.3. The summed E-state index contributed by atoms with van der Waals surface area (Å²) in [5.41, 5.74) is -0.881. The van der Waals surface area contributed by atoms with Crippen LogP contribution in [0.15, 0.2) is 22.7 Å². The fraction of sp³-hybridized carbons (Fsp3) is 0.526. The number of amides is 3. The van der Waals surface area contributed by atoms with Crippen LogP contribution in [0.1, 0.15) is 42.8 Å². The summed E-state index contributed by atoms with van der Waals surface area (Å²) in [5, 5.41) is 13.6. The molecular formula is C19H23N5O3S2. The molecule has 1 aliphatic heterocycles. The van der Waals surface area contributed by atoms with Crippen LogP contribution in [0, 0.1) is 0 Å². The summed E-state index contributed by atoms with van der Waals surface area (Å²) in [6, 6.07) is 4.06. The van der Waals surface area contributed by atoms with Crippen molar-refractivity contribution in [1.82, 2.24) is 25.0 Å². The van der Waals surface area contributed by atoms with Gasteiger partial charge in [0.2, 0.25) is 11.8 Å². The molecule has 1 saturated carbocycles. The van der Waals surface area contributed by atoms with Gasteiger partial charge in [-0.05, 0) is 24.3 Å². The highest BCUT2D eigenvalue weighted by Crippen LogP contribution is 2.36. The van der Waals surface area contributed by atoms with Gasteiger partial charge in [0.1, 0.15) is 17.9 Å². The van der Waals surface area contributed by atoms with Crippen molar-refractivity contribution in [1.29, 1.82) is 0 Å². The molecule has 8 nitrogen and oxygen atoms in total. The number of carbonyl (C=O) groups excluding carboxylic acids is 3. The van der Waals surface area contributed by atoms with Crippen LogP contribution in [0.2, 0.25) is 0 Å². The third-order valence-electron chi connectivity index (χ3n) is 5.64. The predicted molar refractivity (Wildman–Crippen MR) is 110 cm³/mol. The molecule has 2 aromatic heterocycles. The second-order valence-electron chi connectivity index (χ2n) is 7.45. The van der Waals surface area contributed by atoms with E-state index in [1.54, 1.807) is 11.3 Å². The average molecular weight is 434 g/mol. The molecule has 2 aliphatic rings. The Hall–Kier alpha value is -2.20. The van der Waals surface area contributed by atoms with Gasteiger partial charge in [0.15, 0.2) is 5.16 Å². The van der Waals surface area contributed by atoms with Crippen LogP contribution >= 0.6 is 23.1 Å². The van der Waals surface area contributed by atoms with E-state index in [9.17, 15) is 14.4 Å². The van der Waals surface area contributed by atoms with Crippen LogP contribution in [-0.4, -0.2) is 55.2 Å². The Morgan fingerprint density at radius 1 is 1.28 bits per heavy atom. The van der Waals surface area contributed by atoms with Crippen molar-refractivity contribution in [2.75, 3.05) is 12.3 Å². The Bertz CT molecular complexity index is 918. The summed E-state index contributed by atoms with van der Waals surface area (Å²) in [5.74, 6) is -0.000441. The minimum absolute atomic E-state index is 0.0619. The second-order valence-corrected chi connectivity index (χ2v) is 9.43. The predicted octanol–water partition coefficient (Wildman–Crippen LogP) is 1.75. The Morgan fingerprint density at radius 2 is 2.07 bits per heavy atom. The maximum atomic E-state index is 13.0. The van der Waals surface area contributed by atoms with Gasteiger partial charge >= 0.3 is 0 Å². The van der Waals surface area contributed by atoms with E-state index in [0.29, 0.717) is 24.4 Å². The summed E-state index contributed by atoms with van der Waals surface area (Å²) < 4.78 is 1.89. The fourth-order valence-electron chi connectivity index (χ4n) is 4.06. The zero-order valence-corrected chi connectivity index (χ0v) is 17.9. The fourth-order valence-corrected chi connectivity index (χ4v) is 5.57. The maximum Gasteiger partial charge on any atom is 0.252 e. The number of thioether (sulfide) groups is 1. The first-order valence-electron chi connectivity index (χ1n) is 9.68. The lowest BCUT2D eigenvalue weighted by Gasteiger charge is -2.47. The summed E-state index contributed by atoms with van der Waals surface area (Å²) >= 11 is 2.96. The van der Waals surface area contributed by atoms with Crippen molar-refractivity contribution >= 4 is 40.8 Å². The number of rotatable bonds is 5. The third-order valence-corrected chi connectivity index (χ3v) is 7.52. The van der Waals surface area contributed by atoms with Gasteiger partial charge in [-0.3, -0.25) is 19.7 Å². The van der Waals surface area contributed by atoms with Gasteiger partial charge in [0.25, 0.3) is 5.91 Å². The smallest absolute Gasteiger partial charge is 0.252 e. The molecule has 3 heterocycles. The first-order valence-corrected chi connectivity index (χ1v) is 11.5. The maximum absolute atomic E-state index is 13.0. The molecule has 1 N–H and O–H groups in total. The van der Waals surface area contributed by atoms with E-state index in [0.717, 1.165) is 25.1 Å². The van der Waals surface area contributed by atoms with Crippen molar-refractivity contribution in [2.45, 2.75) is 49.2 Å². The number of hydrogen-bond acceptors (Lipinski definition) is 7. The van der Waals surface area contributed by atoms with Gasteiger partial charge in [-0.1, -0.05) is 37.1 Å². The minimum atomic E-state index is -0.881. The first-order chi connectivity index (χ1) is 14.0. The van der Waals surface area contributed by atoms with Crippen molar-refractivity contribution in [3.63, 3.8) is 0 Å². The van der Waals surface area contributed by atoms with Gasteiger partial charge in [-0.25, -0.2) is 0 Å². The van der Waals surface area contributed by atoms with Gasteiger partial charge in [-0.15, -0.1) is 21.5 Å². The first kappa shape index (κ1) is 20.1. The topological polar surface area (TPSA) is 97.2 Å². The molecule has 1 spiro atoms. The van der Waals surface area contributed by atoms with Crippen molar-refractivity contribution in [3.05, 3.63) is 28.2 Å². The number of hydrogen-bond donors (Lipinski definition) is 1. The quantitative estimate of drug-likeness (QED) is 0.570. The lowest BCUT2D eigenvalue weighted by Crippen LogP contribution is -2.69. The molecule has 0 bridgehead atoms. The molecule has 3 amide bonds. The molecule has 29 heavy (non-hydrogen) atoms. The lowest BCUT2D eigenvalue weighted by atomic mass is 9.78. The van der Waals surface area contributed by atoms with Gasteiger partial charge in [0.05, 0.1) is 5.75 Å². The van der Waals surface area contributed by atoms with E-state index in [4.69, 9.17) is 0 Å². The Kier molecular flexibility index (Phi) is 5.73.